The molecule has 0 aliphatic carbocycles. The fourth-order valence-electron chi connectivity index (χ4n) is 2.55. The average Bonchev–Trinajstić information content (AvgIpc) is 2.63. The maximum absolute atomic E-state index is 5.73. The fourth-order valence-corrected chi connectivity index (χ4v) is 2.65. The second kappa shape index (κ2) is 6.22. The zero-order valence-electron chi connectivity index (χ0n) is 12.5. The summed E-state index contributed by atoms with van der Waals surface area (Å²) in [7, 11) is 0. The fraction of sp³-hybridized carbons (Fsp3) is 0. The van der Waals surface area contributed by atoms with Gasteiger partial charge in [0.15, 0.2) is 11.0 Å². The maximum atomic E-state index is 5.73. The molecule has 2 aromatic heterocycles. The molecule has 0 amide bonds. The van der Waals surface area contributed by atoms with E-state index >= 15 is 0 Å². The summed E-state index contributed by atoms with van der Waals surface area (Å²) in [6, 6.07) is 19.4. The summed E-state index contributed by atoms with van der Waals surface area (Å²) in [6.45, 7) is 0. The van der Waals surface area contributed by atoms with Crippen molar-refractivity contribution in [3.63, 3.8) is 0 Å². The summed E-state index contributed by atoms with van der Waals surface area (Å²) in [5.74, 6) is 0.526. The summed E-state index contributed by atoms with van der Waals surface area (Å²) in [5, 5.41) is 14.4. The largest absolute Gasteiger partial charge is 0.260 e. The van der Waals surface area contributed by atoms with Crippen LogP contribution < -0.4 is 5.43 Å². The minimum Gasteiger partial charge on any atom is -0.260 e. The Balaban J connectivity index is 1.78. The molecule has 5 nitrogen and oxygen atoms in total. The normalized spacial score (nSPS) is 11.4. The molecule has 0 saturated heterocycles. The van der Waals surface area contributed by atoms with Gasteiger partial charge in [0.25, 0.3) is 0 Å². The molecule has 6 heteroatoms. The van der Waals surface area contributed by atoms with E-state index in [-0.39, 0.29) is 0 Å². The van der Waals surface area contributed by atoms with Crippen molar-refractivity contribution in [1.82, 2.24) is 15.2 Å². The van der Waals surface area contributed by atoms with Gasteiger partial charge in [-0.05, 0) is 24.3 Å². The first-order valence-electron chi connectivity index (χ1n) is 7.37. The van der Waals surface area contributed by atoms with Crippen molar-refractivity contribution in [1.29, 1.82) is 0 Å². The molecule has 0 atom stereocenters. The first kappa shape index (κ1) is 14.5. The van der Waals surface area contributed by atoms with Crippen LogP contribution in [0.25, 0.3) is 21.8 Å². The van der Waals surface area contributed by atoms with Crippen molar-refractivity contribution < 1.29 is 0 Å². The molecule has 24 heavy (non-hydrogen) atoms. The van der Waals surface area contributed by atoms with Crippen molar-refractivity contribution >= 4 is 45.4 Å². The van der Waals surface area contributed by atoms with Gasteiger partial charge in [-0.15, -0.1) is 10.2 Å². The number of hydrogen-bond acceptors (Lipinski definition) is 5. The lowest BCUT2D eigenvalue weighted by Gasteiger charge is -2.07. The van der Waals surface area contributed by atoms with E-state index in [1.54, 1.807) is 18.3 Å². The predicted molar refractivity (Wildman–Crippen MR) is 97.5 cm³/mol. The Hall–Kier alpha value is -3.05. The van der Waals surface area contributed by atoms with Gasteiger partial charge in [-0.25, -0.2) is 4.98 Å². The molecule has 4 aromatic rings. The molecule has 116 valence electrons. The lowest BCUT2D eigenvalue weighted by Crippen LogP contribution is -1.97. The second-order valence-corrected chi connectivity index (χ2v) is 5.56. The van der Waals surface area contributed by atoms with E-state index in [0.29, 0.717) is 11.0 Å². The lowest BCUT2D eigenvalue weighted by molar-refractivity contribution is 1.02. The van der Waals surface area contributed by atoms with E-state index in [1.165, 1.54) is 0 Å². The van der Waals surface area contributed by atoms with Crippen LogP contribution in [0.15, 0.2) is 65.8 Å². The van der Waals surface area contributed by atoms with E-state index in [2.05, 4.69) is 20.7 Å². The van der Waals surface area contributed by atoms with Crippen molar-refractivity contribution in [3.05, 3.63) is 71.4 Å². The Morgan fingerprint density at radius 2 is 1.50 bits per heavy atom. The first-order valence-corrected chi connectivity index (χ1v) is 7.75. The third kappa shape index (κ3) is 2.77. The number of benzene rings is 2. The minimum absolute atomic E-state index is 0.343. The molecule has 0 spiro atoms. The van der Waals surface area contributed by atoms with Gasteiger partial charge in [0, 0.05) is 16.3 Å². The molecular weight excluding hydrogens is 322 g/mol. The second-order valence-electron chi connectivity index (χ2n) is 5.17. The molecule has 0 unspecified atom stereocenters. The standard InChI is InChI=1S/C18H12ClN5/c19-17-9-10-18(24-22-17)23-20-11-14-12-5-1-3-7-15(12)21-16-8-4-2-6-13(14)16/h1-11H,(H,23,24). The highest BCUT2D eigenvalue weighted by atomic mass is 35.5. The summed E-state index contributed by atoms with van der Waals surface area (Å²) in [4.78, 5) is 4.70. The van der Waals surface area contributed by atoms with Crippen LogP contribution >= 0.6 is 11.6 Å². The molecule has 0 aliphatic heterocycles. The van der Waals surface area contributed by atoms with Gasteiger partial charge < -0.3 is 0 Å². The zero-order chi connectivity index (χ0) is 16.4. The van der Waals surface area contributed by atoms with Crippen molar-refractivity contribution in [3.8, 4) is 0 Å². The van der Waals surface area contributed by atoms with Crippen LogP contribution in [0.1, 0.15) is 5.56 Å². The summed E-state index contributed by atoms with van der Waals surface area (Å²) >= 11 is 5.73. The Kier molecular flexibility index (Phi) is 3.76. The molecule has 0 fully saturated rings. The van der Waals surface area contributed by atoms with Gasteiger partial charge in [-0.2, -0.15) is 5.10 Å². The third-order valence-electron chi connectivity index (χ3n) is 3.63. The number of aromatic nitrogens is 3. The Morgan fingerprint density at radius 3 is 2.12 bits per heavy atom. The summed E-state index contributed by atoms with van der Waals surface area (Å²) < 4.78 is 0. The molecule has 2 heterocycles. The number of anilines is 1. The smallest absolute Gasteiger partial charge is 0.168 e. The van der Waals surface area contributed by atoms with E-state index in [1.807, 2.05) is 48.5 Å². The van der Waals surface area contributed by atoms with Crippen molar-refractivity contribution in [2.24, 2.45) is 5.10 Å². The molecule has 0 radical (unpaired) electrons. The number of halogens is 1. The molecule has 2 aromatic carbocycles. The van der Waals surface area contributed by atoms with Gasteiger partial charge in [-0.3, -0.25) is 5.43 Å². The number of nitrogens with zero attached hydrogens (tertiary/aromatic N) is 4. The zero-order valence-corrected chi connectivity index (χ0v) is 13.3. The highest BCUT2D eigenvalue weighted by Crippen LogP contribution is 2.24. The third-order valence-corrected chi connectivity index (χ3v) is 3.84. The average molecular weight is 334 g/mol. The Morgan fingerprint density at radius 1 is 0.833 bits per heavy atom. The topological polar surface area (TPSA) is 63.1 Å². The lowest BCUT2D eigenvalue weighted by atomic mass is 10.0. The van der Waals surface area contributed by atoms with Crippen LogP contribution in [0.4, 0.5) is 5.82 Å². The van der Waals surface area contributed by atoms with Crippen LogP contribution in [-0.4, -0.2) is 21.4 Å². The van der Waals surface area contributed by atoms with Gasteiger partial charge in [0.05, 0.1) is 17.2 Å². The number of para-hydroxylation sites is 2. The number of hydrazone groups is 1. The van der Waals surface area contributed by atoms with Gasteiger partial charge in [0.2, 0.25) is 0 Å². The Bertz CT molecular complexity index is 990. The van der Waals surface area contributed by atoms with E-state index < -0.39 is 0 Å². The van der Waals surface area contributed by atoms with Crippen LogP contribution in [-0.2, 0) is 0 Å². The van der Waals surface area contributed by atoms with Crippen molar-refractivity contribution in [2.45, 2.75) is 0 Å². The summed E-state index contributed by atoms with van der Waals surface area (Å²) in [6.07, 6.45) is 1.78. The van der Waals surface area contributed by atoms with Gasteiger partial charge in [0.1, 0.15) is 0 Å². The molecule has 4 rings (SSSR count). The van der Waals surface area contributed by atoms with Gasteiger partial charge in [-0.1, -0.05) is 48.0 Å². The molecule has 0 bridgehead atoms. The monoisotopic (exact) mass is 333 g/mol. The van der Waals surface area contributed by atoms with Crippen LogP contribution in [0.2, 0.25) is 5.15 Å². The Labute approximate surface area is 143 Å². The first-order chi connectivity index (χ1) is 11.8. The predicted octanol–water partition coefficient (Wildman–Crippen LogP) is 4.28. The van der Waals surface area contributed by atoms with Gasteiger partial charge >= 0.3 is 0 Å². The molecule has 0 aliphatic rings. The molecule has 1 N–H and O–H groups in total. The molecular formula is C18H12ClN5. The van der Waals surface area contributed by atoms with Crippen LogP contribution in [0, 0.1) is 0 Å². The molecule has 0 saturated carbocycles. The number of rotatable bonds is 3. The van der Waals surface area contributed by atoms with E-state index in [0.717, 1.165) is 27.4 Å². The number of pyridine rings is 1. The highest BCUT2D eigenvalue weighted by molar-refractivity contribution is 6.29. The van der Waals surface area contributed by atoms with E-state index in [9.17, 15) is 0 Å². The highest BCUT2D eigenvalue weighted by Gasteiger charge is 2.06. The number of fused-ring (bicyclic) bond motifs is 2. The number of nitrogens with one attached hydrogen (secondary N) is 1. The SMILES string of the molecule is Clc1ccc(NN=Cc2c3ccccc3nc3ccccc23)nn1. The van der Waals surface area contributed by atoms with Crippen molar-refractivity contribution in [2.75, 3.05) is 5.43 Å². The minimum atomic E-state index is 0.343. The number of hydrogen-bond donors (Lipinski definition) is 1. The van der Waals surface area contributed by atoms with E-state index in [4.69, 9.17) is 16.6 Å². The summed E-state index contributed by atoms with van der Waals surface area (Å²) in [5.41, 5.74) is 5.74. The van der Waals surface area contributed by atoms with Crippen LogP contribution in [0.5, 0.6) is 0 Å². The maximum Gasteiger partial charge on any atom is 0.168 e. The van der Waals surface area contributed by atoms with Crippen LogP contribution in [0.3, 0.4) is 0 Å². The quantitative estimate of drug-likeness (QED) is 0.345.